The molecule has 3 aromatic carbocycles. The Bertz CT molecular complexity index is 1050. The highest BCUT2D eigenvalue weighted by Crippen LogP contribution is 2.41. The Morgan fingerprint density at radius 3 is 1.77 bits per heavy atom. The predicted molar refractivity (Wildman–Crippen MR) is 135 cm³/mol. The first-order chi connectivity index (χ1) is 16.9. The van der Waals surface area contributed by atoms with E-state index >= 15 is 0 Å². The number of hydrogen-bond acceptors (Lipinski definition) is 6. The lowest BCUT2D eigenvalue weighted by molar-refractivity contribution is -0.142. The van der Waals surface area contributed by atoms with Crippen LogP contribution in [0.15, 0.2) is 91.0 Å². The lowest BCUT2D eigenvalue weighted by Gasteiger charge is -2.30. The average molecular weight is 477 g/mol. The molecule has 184 valence electrons. The highest BCUT2D eigenvalue weighted by Gasteiger charge is 2.35. The summed E-state index contributed by atoms with van der Waals surface area (Å²) in [6.07, 6.45) is 1.56. The minimum absolute atomic E-state index is 0.0549. The zero-order valence-electron chi connectivity index (χ0n) is 19.4. The summed E-state index contributed by atoms with van der Waals surface area (Å²) in [5, 5.41) is 43.1. The van der Waals surface area contributed by atoms with Crippen LogP contribution >= 0.6 is 0 Å². The molecule has 0 fully saturated rings. The summed E-state index contributed by atoms with van der Waals surface area (Å²) in [5.41, 5.74) is 5.65. The Kier molecular flexibility index (Phi) is 9.48. The van der Waals surface area contributed by atoms with Crippen molar-refractivity contribution in [2.45, 2.75) is 36.6 Å². The number of carbonyl (C=O) groups is 1. The number of aliphatic hydroxyl groups is 5. The van der Waals surface area contributed by atoms with E-state index in [4.69, 9.17) is 25.5 Å². The molecule has 0 heterocycles. The van der Waals surface area contributed by atoms with Crippen LogP contribution < -0.4 is 0 Å². The van der Waals surface area contributed by atoms with Gasteiger partial charge in [-0.25, -0.2) is 0 Å². The first-order valence-corrected chi connectivity index (χ1v) is 11.6. The Hall–Kier alpha value is -3.13. The van der Waals surface area contributed by atoms with Gasteiger partial charge < -0.3 is 25.5 Å². The fourth-order valence-electron chi connectivity index (χ4n) is 4.33. The van der Waals surface area contributed by atoms with Crippen molar-refractivity contribution in [2.75, 3.05) is 13.2 Å². The van der Waals surface area contributed by atoms with Gasteiger partial charge in [0, 0.05) is 5.41 Å². The van der Waals surface area contributed by atoms with E-state index in [0.29, 0.717) is 0 Å². The highest BCUT2D eigenvalue weighted by molar-refractivity contribution is 5.84. The van der Waals surface area contributed by atoms with Gasteiger partial charge in [0.25, 0.3) is 0 Å². The topological polar surface area (TPSA) is 118 Å². The molecule has 3 atom stereocenters. The summed E-state index contributed by atoms with van der Waals surface area (Å²) in [5.74, 6) is -1.00. The molecule has 0 amide bonds. The molecule has 6 nitrogen and oxygen atoms in total. The van der Waals surface area contributed by atoms with Crippen LogP contribution in [0.25, 0.3) is 6.08 Å². The molecule has 0 aliphatic heterocycles. The van der Waals surface area contributed by atoms with Crippen LogP contribution in [0.2, 0.25) is 0 Å². The third kappa shape index (κ3) is 6.72. The first kappa shape index (κ1) is 26.5. The first-order valence-electron chi connectivity index (χ1n) is 11.6. The number of aliphatic hydroxyl groups excluding tert-OH is 5. The lowest BCUT2D eigenvalue weighted by Crippen LogP contribution is -2.44. The van der Waals surface area contributed by atoms with Crippen molar-refractivity contribution >= 4 is 11.9 Å². The van der Waals surface area contributed by atoms with Gasteiger partial charge in [0.1, 0.15) is 24.9 Å². The summed E-state index contributed by atoms with van der Waals surface area (Å²) >= 11 is 0. The maximum Gasteiger partial charge on any atom is 0.189 e. The van der Waals surface area contributed by atoms with Gasteiger partial charge in [-0.2, -0.15) is 0 Å². The van der Waals surface area contributed by atoms with E-state index in [1.54, 1.807) is 0 Å². The Morgan fingerprint density at radius 1 is 0.743 bits per heavy atom. The number of rotatable bonds is 9. The van der Waals surface area contributed by atoms with Crippen molar-refractivity contribution in [1.82, 2.24) is 0 Å². The standard InChI is InChI=1S/C23H20.C6H12O6/c1-3-9-19(10-4-1)17-23(18-20-11-5-2-6-12-20)16-15-21-13-7-8-14-22(21)23;7-1-3(9)5(11)6(12)4(10)2-8/h1-16H,17-18H2;3,5-9,11-12H,1-2H2/t;3-,5+,6+/m.1/s1. The highest BCUT2D eigenvalue weighted by atomic mass is 16.4. The van der Waals surface area contributed by atoms with Gasteiger partial charge in [-0.3, -0.25) is 4.79 Å². The molecule has 35 heavy (non-hydrogen) atoms. The maximum absolute atomic E-state index is 10.5. The van der Waals surface area contributed by atoms with Crippen molar-refractivity contribution in [3.8, 4) is 0 Å². The van der Waals surface area contributed by atoms with Gasteiger partial charge in [-0.15, -0.1) is 0 Å². The van der Waals surface area contributed by atoms with Crippen molar-refractivity contribution < 1.29 is 30.3 Å². The van der Waals surface area contributed by atoms with Crippen LogP contribution in [0, 0.1) is 0 Å². The summed E-state index contributed by atoms with van der Waals surface area (Å²) < 4.78 is 0. The van der Waals surface area contributed by atoms with Crippen molar-refractivity contribution in [3.63, 3.8) is 0 Å². The molecule has 0 saturated carbocycles. The minimum Gasteiger partial charge on any atom is -0.394 e. The van der Waals surface area contributed by atoms with Crippen LogP contribution in [0.4, 0.5) is 0 Å². The quantitative estimate of drug-likeness (QED) is 0.323. The zero-order valence-corrected chi connectivity index (χ0v) is 19.4. The molecule has 6 heteroatoms. The Morgan fingerprint density at radius 2 is 1.26 bits per heavy atom. The number of Topliss-reactive ketones (excluding diaryl/α,β-unsaturated/α-hetero) is 1. The molecular formula is C29H32O6. The van der Waals surface area contributed by atoms with Gasteiger partial charge in [-0.05, 0) is 35.1 Å². The van der Waals surface area contributed by atoms with Crippen molar-refractivity contribution in [2.24, 2.45) is 0 Å². The number of hydrogen-bond donors (Lipinski definition) is 5. The van der Waals surface area contributed by atoms with E-state index in [2.05, 4.69) is 97.1 Å². The zero-order chi connectivity index (χ0) is 25.3. The molecular weight excluding hydrogens is 444 g/mol. The van der Waals surface area contributed by atoms with Crippen LogP contribution in [-0.4, -0.2) is 62.8 Å². The molecule has 0 saturated heterocycles. The predicted octanol–water partition coefficient (Wildman–Crippen LogP) is 2.06. The molecule has 1 aliphatic rings. The van der Waals surface area contributed by atoms with Crippen molar-refractivity contribution in [1.29, 1.82) is 0 Å². The fraction of sp³-hybridized carbons (Fsp3) is 0.276. The maximum atomic E-state index is 10.5. The summed E-state index contributed by atoms with van der Waals surface area (Å²) in [6, 6.07) is 30.5. The van der Waals surface area contributed by atoms with E-state index in [0.717, 1.165) is 12.8 Å². The van der Waals surface area contributed by atoms with Gasteiger partial charge in [-0.1, -0.05) is 97.1 Å². The Balaban J connectivity index is 0.000000245. The number of ketones is 1. The fourth-order valence-corrected chi connectivity index (χ4v) is 4.33. The summed E-state index contributed by atoms with van der Waals surface area (Å²) in [7, 11) is 0. The third-order valence-electron chi connectivity index (χ3n) is 6.19. The number of allylic oxidation sites excluding steroid dienone is 1. The molecule has 3 aromatic rings. The molecule has 0 spiro atoms. The van der Waals surface area contributed by atoms with Gasteiger partial charge in [0.05, 0.1) is 6.61 Å². The molecule has 5 N–H and O–H groups in total. The van der Waals surface area contributed by atoms with Crippen LogP contribution in [0.3, 0.4) is 0 Å². The van der Waals surface area contributed by atoms with E-state index in [-0.39, 0.29) is 5.41 Å². The van der Waals surface area contributed by atoms with Gasteiger partial charge >= 0.3 is 0 Å². The van der Waals surface area contributed by atoms with Crippen LogP contribution in [0.1, 0.15) is 22.3 Å². The van der Waals surface area contributed by atoms with E-state index in [1.807, 2.05) is 0 Å². The lowest BCUT2D eigenvalue weighted by atomic mass is 9.73. The molecule has 1 aliphatic carbocycles. The van der Waals surface area contributed by atoms with E-state index in [9.17, 15) is 4.79 Å². The smallest absolute Gasteiger partial charge is 0.189 e. The van der Waals surface area contributed by atoms with Gasteiger partial charge in [0.2, 0.25) is 0 Å². The SMILES string of the molecule is C1=CC(Cc2ccccc2)(Cc2ccccc2)c2ccccc21.O=C(CO)[C@H](O)[C@@H](O)[C@H](O)CO. The molecule has 0 radical (unpaired) electrons. The normalized spacial score (nSPS) is 15.9. The van der Waals surface area contributed by atoms with Gasteiger partial charge in [0.15, 0.2) is 5.78 Å². The second-order valence-electron chi connectivity index (χ2n) is 8.71. The molecule has 0 bridgehead atoms. The molecule has 0 aromatic heterocycles. The summed E-state index contributed by atoms with van der Waals surface area (Å²) in [6.45, 7) is -1.69. The second-order valence-corrected chi connectivity index (χ2v) is 8.71. The number of fused-ring (bicyclic) bond motifs is 1. The number of carbonyl (C=O) groups excluding carboxylic acids is 1. The number of benzene rings is 3. The molecule has 0 unspecified atom stereocenters. The van der Waals surface area contributed by atoms with E-state index in [1.165, 1.54) is 22.3 Å². The molecule has 4 rings (SSSR count). The minimum atomic E-state index is -1.86. The van der Waals surface area contributed by atoms with E-state index < -0.39 is 37.3 Å². The van der Waals surface area contributed by atoms with Crippen LogP contribution in [-0.2, 0) is 23.1 Å². The Labute approximate surface area is 205 Å². The largest absolute Gasteiger partial charge is 0.394 e. The van der Waals surface area contributed by atoms with Crippen molar-refractivity contribution in [3.05, 3.63) is 113 Å². The third-order valence-corrected chi connectivity index (χ3v) is 6.19. The summed E-state index contributed by atoms with van der Waals surface area (Å²) in [4.78, 5) is 10.5. The van der Waals surface area contributed by atoms with Crippen LogP contribution in [0.5, 0.6) is 0 Å². The monoisotopic (exact) mass is 476 g/mol. The average Bonchev–Trinajstić information content (AvgIpc) is 3.26. The second kappa shape index (κ2) is 12.5.